The van der Waals surface area contributed by atoms with Crippen LogP contribution in [0.2, 0.25) is 0 Å². The molecular weight excluding hydrogens is 306 g/mol. The zero-order chi connectivity index (χ0) is 16.5. The van der Waals surface area contributed by atoms with Crippen LogP contribution in [0.1, 0.15) is 12.5 Å². The normalized spacial score (nSPS) is 19.2. The highest BCUT2D eigenvalue weighted by molar-refractivity contribution is 5.82. The predicted molar refractivity (Wildman–Crippen MR) is 88.0 cm³/mol. The van der Waals surface area contributed by atoms with Crippen LogP contribution in [0, 0.1) is 0 Å². The lowest BCUT2D eigenvalue weighted by Crippen LogP contribution is -2.48. The molecule has 0 bridgehead atoms. The molecule has 1 aliphatic heterocycles. The van der Waals surface area contributed by atoms with Gasteiger partial charge in [0.25, 0.3) is 5.91 Å². The molecule has 4 rings (SSSR count). The largest absolute Gasteiger partial charge is 0.482 e. The zero-order valence-corrected chi connectivity index (χ0v) is 13.2. The van der Waals surface area contributed by atoms with Gasteiger partial charge in [0.15, 0.2) is 11.5 Å². The summed E-state index contributed by atoms with van der Waals surface area (Å²) in [5, 5.41) is 7.17. The number of hydrogen-bond donors (Lipinski definition) is 1. The number of hydrogen-bond acceptors (Lipinski definition) is 4. The molecule has 0 aliphatic carbocycles. The van der Waals surface area contributed by atoms with Gasteiger partial charge in [-0.15, -0.1) is 0 Å². The first kappa shape index (κ1) is 14.6. The lowest BCUT2D eigenvalue weighted by Gasteiger charge is -2.30. The van der Waals surface area contributed by atoms with Gasteiger partial charge in [0.2, 0.25) is 6.10 Å². The summed E-state index contributed by atoms with van der Waals surface area (Å²) in [6, 6.07) is 13.2. The Hall–Kier alpha value is -3.02. The summed E-state index contributed by atoms with van der Waals surface area (Å²) >= 11 is 0. The highest BCUT2D eigenvalue weighted by Gasteiger charge is 2.33. The van der Waals surface area contributed by atoms with Gasteiger partial charge in [-0.05, 0) is 31.2 Å². The highest BCUT2D eigenvalue weighted by atomic mass is 16.6. The molecule has 0 radical (unpaired) electrons. The molecule has 24 heavy (non-hydrogen) atoms. The van der Waals surface area contributed by atoms with Crippen LogP contribution < -0.4 is 14.8 Å². The molecule has 0 fully saturated rings. The summed E-state index contributed by atoms with van der Waals surface area (Å²) in [4.78, 5) is 12.5. The first-order valence-corrected chi connectivity index (χ1v) is 7.83. The number of carbonyl (C=O) groups is 1. The van der Waals surface area contributed by atoms with Gasteiger partial charge in [0.05, 0.1) is 11.7 Å². The minimum atomic E-state index is -0.679. The van der Waals surface area contributed by atoms with Crippen molar-refractivity contribution < 1.29 is 14.3 Å². The van der Waals surface area contributed by atoms with Crippen molar-refractivity contribution in [2.24, 2.45) is 0 Å². The van der Waals surface area contributed by atoms with E-state index in [1.165, 1.54) is 0 Å². The van der Waals surface area contributed by atoms with Gasteiger partial charge in [-0.2, -0.15) is 5.10 Å². The zero-order valence-electron chi connectivity index (χ0n) is 13.2. The number of nitrogens with one attached hydrogen (secondary N) is 1. The molecule has 0 saturated heterocycles. The molecule has 3 heterocycles. The Balaban J connectivity index is 1.47. The van der Waals surface area contributed by atoms with Crippen molar-refractivity contribution in [2.45, 2.75) is 25.7 Å². The van der Waals surface area contributed by atoms with E-state index in [4.69, 9.17) is 9.47 Å². The second-order valence-corrected chi connectivity index (χ2v) is 5.73. The van der Waals surface area contributed by atoms with Gasteiger partial charge in [0, 0.05) is 18.3 Å². The molecular formula is C18H17N3O3. The third kappa shape index (κ3) is 2.56. The number of aromatic nitrogens is 2. The summed E-state index contributed by atoms with van der Waals surface area (Å²) in [5.41, 5.74) is 1.92. The first-order valence-electron chi connectivity index (χ1n) is 7.83. The minimum Gasteiger partial charge on any atom is -0.482 e. The maximum atomic E-state index is 12.5. The van der Waals surface area contributed by atoms with Crippen molar-refractivity contribution in [3.05, 3.63) is 60.4 Å². The van der Waals surface area contributed by atoms with Crippen LogP contribution in [-0.4, -0.2) is 27.7 Å². The van der Waals surface area contributed by atoms with E-state index in [0.717, 1.165) is 11.1 Å². The molecule has 6 nitrogen and oxygen atoms in total. The third-order valence-corrected chi connectivity index (χ3v) is 4.06. The van der Waals surface area contributed by atoms with E-state index in [1.807, 2.05) is 49.5 Å². The number of pyridine rings is 1. The number of amides is 1. The van der Waals surface area contributed by atoms with Crippen LogP contribution >= 0.6 is 0 Å². The third-order valence-electron chi connectivity index (χ3n) is 4.06. The van der Waals surface area contributed by atoms with Crippen LogP contribution in [0.5, 0.6) is 11.5 Å². The Morgan fingerprint density at radius 2 is 1.92 bits per heavy atom. The molecule has 2 aromatic heterocycles. The Bertz CT molecular complexity index is 890. The molecule has 1 N–H and O–H groups in total. The standard InChI is InChI=1S/C18H17N3O3/c1-12-17(24-16-8-3-2-7-15(16)23-12)18(22)19-10-13-11-20-21-9-5-4-6-14(13)21/h2-9,11-12,17H,10H2,1H3,(H,19,22)/t12-,17+/m1/s1. The average molecular weight is 323 g/mol. The molecule has 0 unspecified atom stereocenters. The van der Waals surface area contributed by atoms with E-state index in [0.29, 0.717) is 18.0 Å². The molecule has 1 aliphatic rings. The topological polar surface area (TPSA) is 64.9 Å². The number of benzene rings is 1. The number of nitrogens with zero attached hydrogens (tertiary/aromatic N) is 2. The lowest BCUT2D eigenvalue weighted by molar-refractivity contribution is -0.133. The minimum absolute atomic E-state index is 0.202. The second kappa shape index (κ2) is 5.88. The van der Waals surface area contributed by atoms with Crippen molar-refractivity contribution in [3.63, 3.8) is 0 Å². The van der Waals surface area contributed by atoms with E-state index >= 15 is 0 Å². The van der Waals surface area contributed by atoms with Crippen LogP contribution in [-0.2, 0) is 11.3 Å². The van der Waals surface area contributed by atoms with E-state index in [1.54, 1.807) is 16.8 Å². The average Bonchev–Trinajstić information content (AvgIpc) is 3.02. The van der Waals surface area contributed by atoms with Crippen LogP contribution in [0.15, 0.2) is 54.9 Å². The van der Waals surface area contributed by atoms with Gasteiger partial charge in [-0.1, -0.05) is 18.2 Å². The highest BCUT2D eigenvalue weighted by Crippen LogP contribution is 2.33. The number of carbonyl (C=O) groups excluding carboxylic acids is 1. The molecule has 122 valence electrons. The SMILES string of the molecule is C[C@H]1Oc2ccccc2O[C@@H]1C(=O)NCc1cnn2ccccc12. The van der Waals surface area contributed by atoms with Gasteiger partial charge in [-0.25, -0.2) is 4.52 Å². The maximum Gasteiger partial charge on any atom is 0.265 e. The summed E-state index contributed by atoms with van der Waals surface area (Å²) in [5.74, 6) is 1.05. The van der Waals surface area contributed by atoms with Crippen molar-refractivity contribution in [1.29, 1.82) is 0 Å². The fourth-order valence-corrected chi connectivity index (χ4v) is 2.81. The first-order chi connectivity index (χ1) is 11.7. The van der Waals surface area contributed by atoms with Crippen LogP contribution in [0.4, 0.5) is 0 Å². The fraction of sp³-hybridized carbons (Fsp3) is 0.222. The maximum absolute atomic E-state index is 12.5. The Labute approximate surface area is 139 Å². The molecule has 0 spiro atoms. The predicted octanol–water partition coefficient (Wildman–Crippen LogP) is 2.18. The lowest BCUT2D eigenvalue weighted by atomic mass is 10.1. The summed E-state index contributed by atoms with van der Waals surface area (Å²) in [6.07, 6.45) is 2.59. The summed E-state index contributed by atoms with van der Waals surface area (Å²) in [6.45, 7) is 2.22. The van der Waals surface area contributed by atoms with Crippen molar-refractivity contribution >= 4 is 11.4 Å². The Morgan fingerprint density at radius 3 is 2.75 bits per heavy atom. The van der Waals surface area contributed by atoms with E-state index in [2.05, 4.69) is 10.4 Å². The Kier molecular flexibility index (Phi) is 3.57. The fourth-order valence-electron chi connectivity index (χ4n) is 2.81. The van der Waals surface area contributed by atoms with Crippen molar-refractivity contribution in [3.8, 4) is 11.5 Å². The summed E-state index contributed by atoms with van der Waals surface area (Å²) < 4.78 is 13.4. The van der Waals surface area contributed by atoms with E-state index in [9.17, 15) is 4.79 Å². The van der Waals surface area contributed by atoms with Gasteiger partial charge >= 0.3 is 0 Å². The van der Waals surface area contributed by atoms with Gasteiger partial charge < -0.3 is 14.8 Å². The molecule has 1 amide bonds. The molecule has 3 aromatic rings. The number of para-hydroxylation sites is 2. The van der Waals surface area contributed by atoms with E-state index < -0.39 is 6.10 Å². The van der Waals surface area contributed by atoms with Gasteiger partial charge in [0.1, 0.15) is 6.10 Å². The molecule has 0 saturated carbocycles. The smallest absolute Gasteiger partial charge is 0.265 e. The molecule has 6 heteroatoms. The van der Waals surface area contributed by atoms with Crippen LogP contribution in [0.3, 0.4) is 0 Å². The number of rotatable bonds is 3. The number of ether oxygens (including phenoxy) is 2. The molecule has 2 atom stereocenters. The number of fused-ring (bicyclic) bond motifs is 2. The monoisotopic (exact) mass is 323 g/mol. The van der Waals surface area contributed by atoms with E-state index in [-0.39, 0.29) is 12.0 Å². The quantitative estimate of drug-likeness (QED) is 0.802. The van der Waals surface area contributed by atoms with Gasteiger partial charge in [-0.3, -0.25) is 4.79 Å². The second-order valence-electron chi connectivity index (χ2n) is 5.73. The summed E-state index contributed by atoms with van der Waals surface area (Å²) in [7, 11) is 0. The van der Waals surface area contributed by atoms with Crippen LogP contribution in [0.25, 0.3) is 5.52 Å². The van der Waals surface area contributed by atoms with Crippen molar-refractivity contribution in [2.75, 3.05) is 0 Å². The van der Waals surface area contributed by atoms with Crippen molar-refractivity contribution in [1.82, 2.24) is 14.9 Å². The Morgan fingerprint density at radius 1 is 1.17 bits per heavy atom. The molecule has 1 aromatic carbocycles.